The molecule has 1 N–H and O–H groups in total. The molecule has 22 heavy (non-hydrogen) atoms. The second-order valence-corrected chi connectivity index (χ2v) is 5.22. The minimum Gasteiger partial charge on any atom is -0.507 e. The molecule has 1 aliphatic carbocycles. The number of hydrogen-bond acceptors (Lipinski definition) is 1. The molecule has 0 unspecified atom stereocenters. The summed E-state index contributed by atoms with van der Waals surface area (Å²) in [5.41, 5.74) is 1.20. The third-order valence-electron chi connectivity index (χ3n) is 3.45. The summed E-state index contributed by atoms with van der Waals surface area (Å²) >= 11 is 0. The lowest BCUT2D eigenvalue weighted by Gasteiger charge is -2.18. The summed E-state index contributed by atoms with van der Waals surface area (Å²) in [6.45, 7) is 12.7. The van der Waals surface area contributed by atoms with Gasteiger partial charge in [0.05, 0.1) is 0 Å². The molecular weight excluding hydrogens is 270 g/mol. The summed E-state index contributed by atoms with van der Waals surface area (Å²) in [4.78, 5) is 0. The Balaban J connectivity index is 0.000000522. The van der Waals surface area contributed by atoms with Crippen molar-refractivity contribution >= 4 is 0 Å². The summed E-state index contributed by atoms with van der Waals surface area (Å²) in [6.07, 6.45) is 15.9. The highest BCUT2D eigenvalue weighted by molar-refractivity contribution is 5.19. The lowest BCUT2D eigenvalue weighted by Crippen LogP contribution is -2.32. The molecule has 2 heteroatoms. The van der Waals surface area contributed by atoms with Crippen molar-refractivity contribution < 1.29 is 9.67 Å². The number of hydrogen-bond donors (Lipinski definition) is 1. The van der Waals surface area contributed by atoms with E-state index < -0.39 is 0 Å². The fourth-order valence-corrected chi connectivity index (χ4v) is 1.81. The molecule has 0 radical (unpaired) electrons. The summed E-state index contributed by atoms with van der Waals surface area (Å²) in [6, 6.07) is 3.34. The summed E-state index contributed by atoms with van der Waals surface area (Å²) in [7, 11) is 0. The molecule has 1 saturated carbocycles. The summed E-state index contributed by atoms with van der Waals surface area (Å²) in [5.74, 6) is 1.35. The molecule has 0 saturated heterocycles. The van der Waals surface area contributed by atoms with Crippen LogP contribution in [0.1, 0.15) is 47.0 Å². The van der Waals surface area contributed by atoms with Gasteiger partial charge in [-0.1, -0.05) is 70.9 Å². The van der Waals surface area contributed by atoms with E-state index in [1.807, 2.05) is 49.9 Å². The van der Waals surface area contributed by atoms with Crippen molar-refractivity contribution in [1.29, 1.82) is 0 Å². The Morgan fingerprint density at radius 1 is 1.32 bits per heavy atom. The Bertz CT molecular complexity index is 453. The van der Waals surface area contributed by atoms with E-state index in [1.165, 1.54) is 24.8 Å². The van der Waals surface area contributed by atoms with Gasteiger partial charge in [0.1, 0.15) is 5.75 Å². The van der Waals surface area contributed by atoms with Crippen molar-refractivity contribution in [2.24, 2.45) is 5.92 Å². The van der Waals surface area contributed by atoms with Crippen LogP contribution < -0.4 is 4.57 Å². The molecule has 1 aliphatic rings. The molecule has 0 aromatic carbocycles. The van der Waals surface area contributed by atoms with Gasteiger partial charge in [0.15, 0.2) is 18.9 Å². The van der Waals surface area contributed by atoms with Gasteiger partial charge in [-0.15, -0.1) is 0 Å². The minimum absolute atomic E-state index is 0.287. The molecule has 1 aromatic heterocycles. The van der Waals surface area contributed by atoms with Gasteiger partial charge in [-0.25, -0.2) is 4.57 Å². The number of rotatable bonds is 4. The normalized spacial score (nSPS) is 14.3. The average Bonchev–Trinajstić information content (AvgIpc) is 2.54. The van der Waals surface area contributed by atoms with Crippen LogP contribution >= 0.6 is 0 Å². The smallest absolute Gasteiger partial charge is 0.173 e. The number of pyridine rings is 1. The lowest BCUT2D eigenvalue weighted by molar-refractivity contribution is -0.688. The molecule has 122 valence electrons. The summed E-state index contributed by atoms with van der Waals surface area (Å²) < 4.78 is 2.00. The number of allylic oxidation sites excluding steroid dienone is 5. The molecular formula is C20H32NO+. The SMILES string of the molecule is C=C/C=C\C(=C/C)C[n+]1ccc(O)cc1.CC.CC1CCC1. The van der Waals surface area contributed by atoms with E-state index >= 15 is 0 Å². The first-order valence-electron chi connectivity index (χ1n) is 8.28. The molecule has 2 nitrogen and oxygen atoms in total. The molecule has 0 bridgehead atoms. The lowest BCUT2D eigenvalue weighted by atomic mass is 9.88. The first-order chi connectivity index (χ1) is 10.7. The molecule has 1 aromatic rings. The fourth-order valence-electron chi connectivity index (χ4n) is 1.81. The largest absolute Gasteiger partial charge is 0.507 e. The predicted molar refractivity (Wildman–Crippen MR) is 95.8 cm³/mol. The van der Waals surface area contributed by atoms with Gasteiger partial charge in [0, 0.05) is 17.7 Å². The Morgan fingerprint density at radius 3 is 2.23 bits per heavy atom. The maximum absolute atomic E-state index is 9.13. The molecule has 2 rings (SSSR count). The average molecular weight is 302 g/mol. The van der Waals surface area contributed by atoms with E-state index in [9.17, 15) is 0 Å². The summed E-state index contributed by atoms with van der Waals surface area (Å²) in [5, 5.41) is 9.13. The Hall–Kier alpha value is -1.83. The Kier molecular flexibility index (Phi) is 11.8. The topological polar surface area (TPSA) is 24.1 Å². The van der Waals surface area contributed by atoms with Crippen molar-refractivity contribution in [2.75, 3.05) is 0 Å². The van der Waals surface area contributed by atoms with Crippen molar-refractivity contribution in [1.82, 2.24) is 0 Å². The van der Waals surface area contributed by atoms with Crippen molar-refractivity contribution in [3.63, 3.8) is 0 Å². The van der Waals surface area contributed by atoms with E-state index in [2.05, 4.69) is 19.6 Å². The maximum Gasteiger partial charge on any atom is 0.173 e. The van der Waals surface area contributed by atoms with Crippen LogP contribution in [-0.4, -0.2) is 5.11 Å². The van der Waals surface area contributed by atoms with Crippen LogP contribution in [0.2, 0.25) is 0 Å². The van der Waals surface area contributed by atoms with Crippen LogP contribution in [0.15, 0.2) is 61.0 Å². The second kappa shape index (κ2) is 12.9. The zero-order valence-corrected chi connectivity index (χ0v) is 14.6. The van der Waals surface area contributed by atoms with E-state index in [0.29, 0.717) is 0 Å². The number of nitrogens with zero attached hydrogens (tertiary/aromatic N) is 1. The quantitative estimate of drug-likeness (QED) is 0.600. The molecule has 1 fully saturated rings. The molecule has 1 heterocycles. The Morgan fingerprint density at radius 2 is 1.86 bits per heavy atom. The van der Waals surface area contributed by atoms with Crippen LogP contribution in [-0.2, 0) is 6.54 Å². The molecule has 0 amide bonds. The maximum atomic E-state index is 9.13. The minimum atomic E-state index is 0.287. The van der Waals surface area contributed by atoms with Crippen LogP contribution in [0, 0.1) is 5.92 Å². The Labute approximate surface area is 136 Å². The monoisotopic (exact) mass is 302 g/mol. The van der Waals surface area contributed by atoms with Crippen molar-refractivity contribution in [2.45, 2.75) is 53.5 Å². The van der Waals surface area contributed by atoms with E-state index in [4.69, 9.17) is 5.11 Å². The van der Waals surface area contributed by atoms with Crippen LogP contribution in [0.25, 0.3) is 0 Å². The zero-order chi connectivity index (χ0) is 16.8. The number of aromatic nitrogens is 1. The highest BCUT2D eigenvalue weighted by atomic mass is 16.3. The first kappa shape index (κ1) is 20.2. The fraction of sp³-hybridized carbons (Fsp3) is 0.450. The highest BCUT2D eigenvalue weighted by Gasteiger charge is 2.09. The zero-order valence-electron chi connectivity index (χ0n) is 14.6. The third-order valence-corrected chi connectivity index (χ3v) is 3.45. The van der Waals surface area contributed by atoms with Gasteiger partial charge in [0.25, 0.3) is 0 Å². The van der Waals surface area contributed by atoms with Gasteiger partial charge in [-0.05, 0) is 12.8 Å². The number of aromatic hydroxyl groups is 1. The molecule has 0 atom stereocenters. The van der Waals surface area contributed by atoms with Gasteiger partial charge in [-0.3, -0.25) is 0 Å². The van der Waals surface area contributed by atoms with Crippen molar-refractivity contribution in [3.05, 3.63) is 61.0 Å². The van der Waals surface area contributed by atoms with Gasteiger partial charge >= 0.3 is 0 Å². The highest BCUT2D eigenvalue weighted by Crippen LogP contribution is 2.24. The van der Waals surface area contributed by atoms with Gasteiger partial charge in [0.2, 0.25) is 0 Å². The van der Waals surface area contributed by atoms with E-state index in [0.717, 1.165) is 12.5 Å². The van der Waals surface area contributed by atoms with Gasteiger partial charge in [-0.2, -0.15) is 0 Å². The van der Waals surface area contributed by atoms with Gasteiger partial charge < -0.3 is 5.11 Å². The molecule has 0 aliphatic heterocycles. The molecule has 0 spiro atoms. The van der Waals surface area contributed by atoms with E-state index in [-0.39, 0.29) is 5.75 Å². The van der Waals surface area contributed by atoms with Crippen LogP contribution in [0.3, 0.4) is 0 Å². The first-order valence-corrected chi connectivity index (χ1v) is 8.28. The second-order valence-electron chi connectivity index (χ2n) is 5.22. The standard InChI is InChI=1S/C13H15NO.C5H10.C2H6/c1-3-5-6-12(4-2)11-14-9-7-13(15)8-10-14;1-5-3-2-4-5;1-2/h3-10H,1,11H2,2H3;5H,2-4H2,1H3;1-2H3/p+1/b6-5-,12-4+;;. The predicted octanol–water partition coefficient (Wildman–Crippen LogP) is 5.20. The van der Waals surface area contributed by atoms with E-state index in [1.54, 1.807) is 18.2 Å². The van der Waals surface area contributed by atoms with Crippen LogP contribution in [0.4, 0.5) is 0 Å². The van der Waals surface area contributed by atoms with Crippen LogP contribution in [0.5, 0.6) is 5.75 Å². The van der Waals surface area contributed by atoms with Crippen molar-refractivity contribution in [3.8, 4) is 5.75 Å². The third kappa shape index (κ3) is 9.17.